The molecule has 0 amide bonds. The van der Waals surface area contributed by atoms with Crippen molar-refractivity contribution in [3.8, 4) is 0 Å². The van der Waals surface area contributed by atoms with Crippen molar-refractivity contribution >= 4 is 24.4 Å². The van der Waals surface area contributed by atoms with Crippen LogP contribution >= 0.6 is 12.6 Å². The topological polar surface area (TPSA) is 63.9 Å². The van der Waals surface area contributed by atoms with Crippen molar-refractivity contribution in [3.05, 3.63) is 0 Å². The molecule has 1 N–H and O–H groups in total. The van der Waals surface area contributed by atoms with E-state index in [0.29, 0.717) is 13.0 Å². The molecule has 18 heavy (non-hydrogen) atoms. The minimum atomic E-state index is -0.574. The van der Waals surface area contributed by atoms with Crippen molar-refractivity contribution in [2.45, 2.75) is 44.6 Å². The molecule has 0 aromatic carbocycles. The zero-order valence-corrected chi connectivity index (χ0v) is 12.9. The van der Waals surface area contributed by atoms with E-state index in [1.54, 1.807) is 0 Å². The van der Waals surface area contributed by atoms with Gasteiger partial charge in [-0.15, -0.1) is 12.6 Å². The summed E-state index contributed by atoms with van der Waals surface area (Å²) in [5.74, 6) is 0.0903. The zero-order valence-electron chi connectivity index (χ0n) is 12.0. The summed E-state index contributed by atoms with van der Waals surface area (Å²) in [5.41, 5.74) is -0.260. The molecular weight excluding hydrogens is 252 g/mol. The van der Waals surface area contributed by atoms with Gasteiger partial charge in [0.15, 0.2) is 0 Å². The van der Waals surface area contributed by atoms with Gasteiger partial charge in [-0.25, -0.2) is 4.99 Å². The van der Waals surface area contributed by atoms with Crippen molar-refractivity contribution in [2.75, 3.05) is 20.8 Å². The van der Waals surface area contributed by atoms with Gasteiger partial charge in [-0.1, -0.05) is 0 Å². The van der Waals surface area contributed by atoms with E-state index in [-0.39, 0.29) is 17.4 Å². The molecule has 0 aliphatic rings. The van der Waals surface area contributed by atoms with E-state index in [1.165, 1.54) is 14.2 Å². The fourth-order valence-electron chi connectivity index (χ4n) is 1.39. The van der Waals surface area contributed by atoms with Gasteiger partial charge in [0.25, 0.3) is 11.8 Å². The molecule has 0 spiro atoms. The van der Waals surface area contributed by atoms with Crippen LogP contribution in [-0.4, -0.2) is 43.1 Å². The van der Waals surface area contributed by atoms with E-state index >= 15 is 0 Å². The van der Waals surface area contributed by atoms with E-state index < -0.39 is 4.93 Å². The molecule has 1 unspecified atom stereocenters. The number of thiol groups is 1. The minimum absolute atomic E-state index is 0.0879. The summed E-state index contributed by atoms with van der Waals surface area (Å²) in [7, 11) is 2.86. The van der Waals surface area contributed by atoms with Crippen LogP contribution in [0.3, 0.4) is 0 Å². The third kappa shape index (κ3) is 7.55. The highest BCUT2D eigenvalue weighted by atomic mass is 32.1. The molecule has 0 heterocycles. The lowest BCUT2D eigenvalue weighted by molar-refractivity contribution is -0.0719. The van der Waals surface area contributed by atoms with E-state index in [4.69, 9.17) is 19.6 Å². The molecule has 0 aliphatic carbocycles. The number of methoxy groups -OCH3 is 2. The van der Waals surface area contributed by atoms with Gasteiger partial charge in [-0.2, -0.15) is 0 Å². The van der Waals surface area contributed by atoms with Gasteiger partial charge in [0.2, 0.25) is 0 Å². The summed E-state index contributed by atoms with van der Waals surface area (Å²) >= 11 is 4.47. The molecule has 0 saturated heterocycles. The average molecular weight is 276 g/mol. The minimum Gasteiger partial charge on any atom is -0.478 e. The summed E-state index contributed by atoms with van der Waals surface area (Å²) in [6.07, 6.45) is 0.608. The summed E-state index contributed by atoms with van der Waals surface area (Å²) in [4.78, 5) is 3.57. The Hall–Kier alpha value is -0.750. The van der Waals surface area contributed by atoms with E-state index in [9.17, 15) is 0 Å². The van der Waals surface area contributed by atoms with E-state index in [1.807, 2.05) is 27.7 Å². The number of rotatable bonds is 4. The van der Waals surface area contributed by atoms with Crippen molar-refractivity contribution < 1.29 is 14.2 Å². The van der Waals surface area contributed by atoms with Crippen LogP contribution in [0.5, 0.6) is 0 Å². The number of nitrogens with zero attached hydrogens (tertiary/aromatic N) is 1. The number of hydrogen-bond acceptors (Lipinski definition) is 6. The highest BCUT2D eigenvalue weighted by Gasteiger charge is 2.26. The van der Waals surface area contributed by atoms with Crippen LogP contribution in [0.25, 0.3) is 0 Å². The first-order valence-corrected chi connectivity index (χ1v) is 6.20. The molecule has 1 atom stereocenters. The van der Waals surface area contributed by atoms with Gasteiger partial charge in [0.1, 0.15) is 4.93 Å². The quantitative estimate of drug-likeness (QED) is 0.359. The zero-order chi connectivity index (χ0) is 14.4. The van der Waals surface area contributed by atoms with Crippen molar-refractivity contribution in [3.63, 3.8) is 0 Å². The first kappa shape index (κ1) is 17.2. The standard InChI is InChI=1S/C12H24N2O3S/c1-11(2,3)17-12(4,18)7-8-14-10(16-6)9(13)15-5/h13,18H,7-8H2,1-6H3. The second-order valence-corrected chi connectivity index (χ2v) is 6.01. The lowest BCUT2D eigenvalue weighted by Gasteiger charge is -2.32. The number of hydrogen-bond donors (Lipinski definition) is 2. The summed E-state index contributed by atoms with van der Waals surface area (Å²) < 4.78 is 15.5. The van der Waals surface area contributed by atoms with Crippen LogP contribution in [0.1, 0.15) is 34.1 Å². The van der Waals surface area contributed by atoms with Crippen LogP contribution in [0.2, 0.25) is 0 Å². The van der Waals surface area contributed by atoms with Crippen LogP contribution in [0.4, 0.5) is 0 Å². The first-order valence-electron chi connectivity index (χ1n) is 5.75. The summed E-state index contributed by atoms with van der Waals surface area (Å²) in [6, 6.07) is 0. The molecule has 0 saturated carbocycles. The molecule has 0 aliphatic heterocycles. The third-order valence-corrected chi connectivity index (χ3v) is 2.26. The Kier molecular flexibility index (Phi) is 6.70. The molecule has 5 nitrogen and oxygen atoms in total. The predicted molar refractivity (Wildman–Crippen MR) is 76.9 cm³/mol. The largest absolute Gasteiger partial charge is 0.478 e. The molecule has 0 rings (SSSR count). The maximum Gasteiger partial charge on any atom is 0.272 e. The van der Waals surface area contributed by atoms with Crippen molar-refractivity contribution in [2.24, 2.45) is 4.99 Å². The van der Waals surface area contributed by atoms with Crippen molar-refractivity contribution in [1.29, 1.82) is 5.41 Å². The molecule has 0 aromatic rings. The molecule has 0 bridgehead atoms. The normalized spacial score (nSPS) is 16.1. The Morgan fingerprint density at radius 3 is 2.11 bits per heavy atom. The van der Waals surface area contributed by atoms with Gasteiger partial charge in [-0.05, 0) is 27.7 Å². The maximum atomic E-state index is 7.44. The number of ether oxygens (including phenoxy) is 3. The Morgan fingerprint density at radius 2 is 1.72 bits per heavy atom. The van der Waals surface area contributed by atoms with Crippen LogP contribution < -0.4 is 0 Å². The van der Waals surface area contributed by atoms with E-state index in [0.717, 1.165) is 0 Å². The van der Waals surface area contributed by atoms with Crippen LogP contribution in [0, 0.1) is 5.41 Å². The van der Waals surface area contributed by atoms with Gasteiger partial charge < -0.3 is 14.2 Å². The highest BCUT2D eigenvalue weighted by Crippen LogP contribution is 2.26. The Bertz CT molecular complexity index is 309. The summed E-state index contributed by atoms with van der Waals surface area (Å²) in [6.45, 7) is 8.28. The lowest BCUT2D eigenvalue weighted by Crippen LogP contribution is -2.33. The second-order valence-electron chi connectivity index (χ2n) is 5.06. The molecule has 0 fully saturated rings. The highest BCUT2D eigenvalue weighted by molar-refractivity contribution is 7.81. The predicted octanol–water partition coefficient (Wildman–Crippen LogP) is 2.51. The smallest absolute Gasteiger partial charge is 0.272 e. The summed E-state index contributed by atoms with van der Waals surface area (Å²) in [5, 5.41) is 7.44. The molecule has 0 radical (unpaired) electrons. The second kappa shape index (κ2) is 6.99. The van der Waals surface area contributed by atoms with Crippen molar-refractivity contribution in [1.82, 2.24) is 0 Å². The van der Waals surface area contributed by atoms with Gasteiger partial charge in [0, 0.05) is 13.0 Å². The molecule has 106 valence electrons. The van der Waals surface area contributed by atoms with Gasteiger partial charge >= 0.3 is 0 Å². The Morgan fingerprint density at radius 1 is 1.17 bits per heavy atom. The SMILES string of the molecule is COC(=N)C(=NCCC(C)(S)OC(C)(C)C)OC. The monoisotopic (exact) mass is 276 g/mol. The fraction of sp³-hybridized carbons (Fsp3) is 0.833. The maximum absolute atomic E-state index is 7.44. The molecule has 0 aromatic heterocycles. The fourth-order valence-corrected chi connectivity index (χ4v) is 1.77. The van der Waals surface area contributed by atoms with Crippen LogP contribution in [-0.2, 0) is 14.2 Å². The first-order chi connectivity index (χ1) is 8.11. The number of aliphatic imine (C=N–C) groups is 1. The molecule has 6 heteroatoms. The lowest BCUT2D eigenvalue weighted by atomic mass is 10.1. The van der Waals surface area contributed by atoms with Gasteiger partial charge in [-0.3, -0.25) is 5.41 Å². The Balaban J connectivity index is 4.39. The molecular formula is C12H24N2O3S. The Labute approximate surface area is 115 Å². The van der Waals surface area contributed by atoms with E-state index in [2.05, 4.69) is 17.6 Å². The third-order valence-electron chi connectivity index (χ3n) is 1.95. The van der Waals surface area contributed by atoms with Crippen LogP contribution in [0.15, 0.2) is 4.99 Å². The van der Waals surface area contributed by atoms with Gasteiger partial charge in [0.05, 0.1) is 19.8 Å². The number of nitrogens with one attached hydrogen (secondary N) is 1. The average Bonchev–Trinajstić information content (AvgIpc) is 2.19.